The quantitative estimate of drug-likeness (QED) is 0.260. The number of nitrogens with zero attached hydrogens (tertiary/aromatic N) is 2. The Bertz CT molecular complexity index is 551. The number of hydrogen-bond donors (Lipinski definition) is 1. The summed E-state index contributed by atoms with van der Waals surface area (Å²) < 4.78 is 20.3. The van der Waals surface area contributed by atoms with Gasteiger partial charge in [0.15, 0.2) is 5.96 Å². The lowest BCUT2D eigenvalue weighted by molar-refractivity contribution is 0.0264. The second-order valence-electron chi connectivity index (χ2n) is 5.96. The van der Waals surface area contributed by atoms with Crippen molar-refractivity contribution in [2.45, 2.75) is 38.7 Å². The predicted octanol–water partition coefficient (Wildman–Crippen LogP) is 4.22. The molecule has 0 radical (unpaired) electrons. The Hall–Kier alpha value is -0.410. The molecule has 1 aromatic rings. The topological polar surface area (TPSA) is 36.9 Å². The van der Waals surface area contributed by atoms with E-state index in [1.54, 1.807) is 0 Å². The van der Waals surface area contributed by atoms with Crippen LogP contribution < -0.4 is 5.32 Å². The van der Waals surface area contributed by atoms with Gasteiger partial charge in [0.1, 0.15) is 5.82 Å². The van der Waals surface area contributed by atoms with Crippen molar-refractivity contribution in [2.24, 2.45) is 4.99 Å². The Morgan fingerprint density at radius 3 is 2.72 bits per heavy atom. The molecule has 0 unspecified atom stereocenters. The fourth-order valence-corrected chi connectivity index (χ4v) is 3.34. The minimum Gasteiger partial charge on any atom is -0.378 e. The second-order valence-corrected chi connectivity index (χ2v) is 6.87. The lowest BCUT2D eigenvalue weighted by atomic mass is 10.1. The minimum absolute atomic E-state index is 0. The molecule has 0 atom stereocenters. The van der Waals surface area contributed by atoms with E-state index in [0.29, 0.717) is 6.10 Å². The zero-order valence-electron chi connectivity index (χ0n) is 14.9. The first-order valence-corrected chi connectivity index (χ1v) is 9.44. The highest BCUT2D eigenvalue weighted by molar-refractivity contribution is 14.0. The van der Waals surface area contributed by atoms with Crippen LogP contribution in [0, 0.1) is 5.82 Å². The van der Waals surface area contributed by atoms with Crippen molar-refractivity contribution < 1.29 is 9.13 Å². The number of aliphatic imine (C=N–C) groups is 1. The Labute approximate surface area is 175 Å². The van der Waals surface area contributed by atoms with E-state index in [0.717, 1.165) is 67.9 Å². The summed E-state index contributed by atoms with van der Waals surface area (Å²) in [7, 11) is 1.81. The summed E-state index contributed by atoms with van der Waals surface area (Å²) in [6.07, 6.45) is 4.05. The summed E-state index contributed by atoms with van der Waals surface area (Å²) in [4.78, 5) is 6.64. The third-order valence-electron chi connectivity index (χ3n) is 4.28. The molecule has 1 aromatic carbocycles. The van der Waals surface area contributed by atoms with Crippen molar-refractivity contribution in [1.29, 1.82) is 0 Å². The van der Waals surface area contributed by atoms with Gasteiger partial charge in [0.05, 0.1) is 6.10 Å². The van der Waals surface area contributed by atoms with Gasteiger partial charge in [-0.1, -0.05) is 22.0 Å². The Balaban J connectivity index is 0.00000312. The molecular weight excluding hydrogens is 500 g/mol. The first kappa shape index (κ1) is 22.6. The lowest BCUT2D eigenvalue weighted by Crippen LogP contribution is -2.47. The number of hydrogen-bond acceptors (Lipinski definition) is 2. The van der Waals surface area contributed by atoms with Crippen LogP contribution in [0.15, 0.2) is 27.7 Å². The van der Waals surface area contributed by atoms with Crippen LogP contribution in [0.25, 0.3) is 0 Å². The van der Waals surface area contributed by atoms with E-state index in [2.05, 4.69) is 31.1 Å². The fourth-order valence-electron chi connectivity index (χ4n) is 3.01. The predicted molar refractivity (Wildman–Crippen MR) is 115 cm³/mol. The molecule has 1 aliphatic rings. The van der Waals surface area contributed by atoms with Gasteiger partial charge >= 0.3 is 0 Å². The number of nitrogens with one attached hydrogen (secondary N) is 1. The smallest absolute Gasteiger partial charge is 0.193 e. The van der Waals surface area contributed by atoms with Crippen molar-refractivity contribution in [2.75, 3.05) is 33.3 Å². The van der Waals surface area contributed by atoms with Crippen molar-refractivity contribution in [3.8, 4) is 0 Å². The van der Waals surface area contributed by atoms with Crippen molar-refractivity contribution in [3.05, 3.63) is 34.1 Å². The summed E-state index contributed by atoms with van der Waals surface area (Å²) in [5.74, 6) is 0.785. The Morgan fingerprint density at radius 1 is 1.40 bits per heavy atom. The van der Waals surface area contributed by atoms with Gasteiger partial charge < -0.3 is 15.0 Å². The van der Waals surface area contributed by atoms with Crippen LogP contribution in [0.4, 0.5) is 4.39 Å². The SMILES string of the molecule is CCOC1CCN(C(=NC)NCCCc2ccc(Br)cc2F)CC1.I. The molecule has 1 N–H and O–H groups in total. The van der Waals surface area contributed by atoms with Gasteiger partial charge in [-0.15, -0.1) is 24.0 Å². The van der Waals surface area contributed by atoms with Gasteiger partial charge in [-0.2, -0.15) is 0 Å². The average Bonchev–Trinajstić information content (AvgIpc) is 2.58. The van der Waals surface area contributed by atoms with Crippen LogP contribution >= 0.6 is 39.9 Å². The zero-order valence-corrected chi connectivity index (χ0v) is 18.8. The van der Waals surface area contributed by atoms with Crippen molar-refractivity contribution >= 4 is 45.9 Å². The highest BCUT2D eigenvalue weighted by atomic mass is 127. The molecule has 1 aliphatic heterocycles. The average molecular weight is 528 g/mol. The maximum absolute atomic E-state index is 13.8. The van der Waals surface area contributed by atoms with Crippen LogP contribution in [-0.4, -0.2) is 50.3 Å². The molecule has 0 aliphatic carbocycles. The zero-order chi connectivity index (χ0) is 17.4. The minimum atomic E-state index is -0.147. The van der Waals surface area contributed by atoms with Crippen LogP contribution in [0.3, 0.4) is 0 Å². The molecule has 0 amide bonds. The highest BCUT2D eigenvalue weighted by Crippen LogP contribution is 2.16. The molecule has 1 heterocycles. The molecule has 0 saturated carbocycles. The van der Waals surface area contributed by atoms with Gasteiger partial charge in [-0.25, -0.2) is 4.39 Å². The number of guanidine groups is 1. The maximum Gasteiger partial charge on any atom is 0.193 e. The molecule has 0 aromatic heterocycles. The monoisotopic (exact) mass is 527 g/mol. The van der Waals surface area contributed by atoms with Crippen LogP contribution in [0.2, 0.25) is 0 Å². The molecule has 7 heteroatoms. The normalized spacial score (nSPS) is 15.8. The molecule has 25 heavy (non-hydrogen) atoms. The number of ether oxygens (including phenoxy) is 1. The molecule has 0 spiro atoms. The third kappa shape index (κ3) is 7.38. The van der Waals surface area contributed by atoms with E-state index in [4.69, 9.17) is 4.74 Å². The summed E-state index contributed by atoms with van der Waals surface area (Å²) in [5.41, 5.74) is 0.757. The molecule has 4 nitrogen and oxygen atoms in total. The number of aryl methyl sites for hydroxylation is 1. The van der Waals surface area contributed by atoms with Crippen LogP contribution in [0.1, 0.15) is 31.7 Å². The van der Waals surface area contributed by atoms with Crippen LogP contribution in [-0.2, 0) is 11.2 Å². The largest absolute Gasteiger partial charge is 0.378 e. The maximum atomic E-state index is 13.8. The molecule has 1 fully saturated rings. The van der Waals surface area contributed by atoms with E-state index >= 15 is 0 Å². The van der Waals surface area contributed by atoms with Crippen molar-refractivity contribution in [3.63, 3.8) is 0 Å². The van der Waals surface area contributed by atoms with E-state index in [9.17, 15) is 4.39 Å². The summed E-state index contributed by atoms with van der Waals surface area (Å²) >= 11 is 3.28. The molecule has 2 rings (SSSR count). The molecular formula is C18H28BrFIN3O. The Morgan fingerprint density at radius 2 is 2.12 bits per heavy atom. The van der Waals surface area contributed by atoms with Gasteiger partial charge in [-0.3, -0.25) is 4.99 Å². The number of piperidine rings is 1. The van der Waals surface area contributed by atoms with E-state index in [-0.39, 0.29) is 29.8 Å². The standard InChI is InChI=1S/C18H27BrFN3O.HI/c1-3-24-16-8-11-23(12-9-16)18(21-2)22-10-4-5-14-6-7-15(19)13-17(14)20;/h6-7,13,16H,3-5,8-12H2,1-2H3,(H,21,22);1H. The van der Waals surface area contributed by atoms with Gasteiger partial charge in [0.2, 0.25) is 0 Å². The number of halogens is 3. The third-order valence-corrected chi connectivity index (χ3v) is 4.77. The number of benzene rings is 1. The van der Waals surface area contributed by atoms with E-state index < -0.39 is 0 Å². The number of likely N-dealkylation sites (tertiary alicyclic amines) is 1. The van der Waals surface area contributed by atoms with E-state index in [1.807, 2.05) is 26.1 Å². The number of rotatable bonds is 6. The molecule has 0 bridgehead atoms. The highest BCUT2D eigenvalue weighted by Gasteiger charge is 2.21. The fraction of sp³-hybridized carbons (Fsp3) is 0.611. The summed E-state index contributed by atoms with van der Waals surface area (Å²) in [6, 6.07) is 5.24. The first-order valence-electron chi connectivity index (χ1n) is 8.65. The summed E-state index contributed by atoms with van der Waals surface area (Å²) in [5, 5.41) is 3.39. The van der Waals surface area contributed by atoms with Gasteiger partial charge in [-0.05, 0) is 50.3 Å². The lowest BCUT2D eigenvalue weighted by Gasteiger charge is -2.34. The second kappa shape index (κ2) is 12.1. The first-order chi connectivity index (χ1) is 11.6. The van der Waals surface area contributed by atoms with E-state index in [1.165, 1.54) is 6.07 Å². The summed E-state index contributed by atoms with van der Waals surface area (Å²) in [6.45, 7) is 5.54. The Kier molecular flexibility index (Phi) is 10.9. The van der Waals surface area contributed by atoms with Gasteiger partial charge in [0, 0.05) is 37.8 Å². The molecule has 1 saturated heterocycles. The van der Waals surface area contributed by atoms with Crippen LogP contribution in [0.5, 0.6) is 0 Å². The molecule has 142 valence electrons. The van der Waals surface area contributed by atoms with Gasteiger partial charge in [0.25, 0.3) is 0 Å². The van der Waals surface area contributed by atoms with Crippen molar-refractivity contribution in [1.82, 2.24) is 10.2 Å².